The predicted molar refractivity (Wildman–Crippen MR) is 113 cm³/mol. The average Bonchev–Trinajstić information content (AvgIpc) is 2.74. The molecule has 2 amide bonds. The highest BCUT2D eigenvalue weighted by atomic mass is 16.5. The van der Waals surface area contributed by atoms with Crippen LogP contribution in [0.3, 0.4) is 0 Å². The molecule has 0 bridgehead atoms. The summed E-state index contributed by atoms with van der Waals surface area (Å²) < 4.78 is 5.36. The fourth-order valence-corrected chi connectivity index (χ4v) is 3.47. The highest BCUT2D eigenvalue weighted by molar-refractivity contribution is 6.12. The van der Waals surface area contributed by atoms with Crippen LogP contribution in [0.2, 0.25) is 0 Å². The summed E-state index contributed by atoms with van der Waals surface area (Å²) in [7, 11) is 1.62. The molecule has 146 valence electrons. The number of anilines is 3. The molecule has 3 aromatic rings. The molecule has 6 nitrogen and oxygen atoms in total. The average molecular weight is 387 g/mol. The van der Waals surface area contributed by atoms with E-state index >= 15 is 0 Å². The minimum Gasteiger partial charge on any atom is -0.497 e. The van der Waals surface area contributed by atoms with E-state index in [1.807, 2.05) is 60.7 Å². The molecule has 0 fully saturated rings. The molecule has 0 radical (unpaired) electrons. The Hall–Kier alpha value is -3.80. The van der Waals surface area contributed by atoms with Crippen LogP contribution in [0.15, 0.2) is 72.8 Å². The third kappa shape index (κ3) is 3.65. The monoisotopic (exact) mass is 387 g/mol. The first-order valence-corrected chi connectivity index (χ1v) is 9.27. The lowest BCUT2D eigenvalue weighted by molar-refractivity contribution is -0.114. The van der Waals surface area contributed by atoms with E-state index in [1.54, 1.807) is 24.1 Å². The van der Waals surface area contributed by atoms with Crippen LogP contribution in [0.5, 0.6) is 5.75 Å². The van der Waals surface area contributed by atoms with Gasteiger partial charge in [0.25, 0.3) is 5.91 Å². The second-order valence-electron chi connectivity index (χ2n) is 6.77. The first-order valence-electron chi connectivity index (χ1n) is 9.27. The zero-order chi connectivity index (χ0) is 20.4. The molecule has 29 heavy (non-hydrogen) atoms. The van der Waals surface area contributed by atoms with E-state index in [4.69, 9.17) is 4.74 Å². The van der Waals surface area contributed by atoms with Crippen molar-refractivity contribution in [2.24, 2.45) is 0 Å². The minimum absolute atomic E-state index is 0.0977. The molecule has 1 aliphatic rings. The fraction of sp³-hybridized carbons (Fsp3) is 0.130. The van der Waals surface area contributed by atoms with Gasteiger partial charge < -0.3 is 15.4 Å². The number of nitrogens with zero attached hydrogens (tertiary/aromatic N) is 1. The van der Waals surface area contributed by atoms with E-state index in [0.717, 1.165) is 22.7 Å². The standard InChI is InChI=1S/C23H21N3O3/c1-15(27)24-17-10-12-18(13-11-17)26-22(16-6-5-7-19(14-16)29-2)25-21-9-4-3-8-20(21)23(26)28/h3-14,22,25H,1-2H3,(H,24,27). The van der Waals surface area contributed by atoms with Crippen molar-refractivity contribution in [1.29, 1.82) is 0 Å². The van der Waals surface area contributed by atoms with Crippen molar-refractivity contribution < 1.29 is 14.3 Å². The van der Waals surface area contributed by atoms with E-state index in [1.165, 1.54) is 6.92 Å². The van der Waals surface area contributed by atoms with Gasteiger partial charge in [-0.3, -0.25) is 14.5 Å². The van der Waals surface area contributed by atoms with Crippen molar-refractivity contribution in [1.82, 2.24) is 0 Å². The van der Waals surface area contributed by atoms with Crippen LogP contribution in [0, 0.1) is 0 Å². The minimum atomic E-state index is -0.404. The second-order valence-corrected chi connectivity index (χ2v) is 6.77. The van der Waals surface area contributed by atoms with Crippen LogP contribution in [0.4, 0.5) is 17.1 Å². The summed E-state index contributed by atoms with van der Waals surface area (Å²) in [5.41, 5.74) is 3.70. The molecule has 1 heterocycles. The van der Waals surface area contributed by atoms with Crippen LogP contribution >= 0.6 is 0 Å². The molecule has 0 saturated heterocycles. The normalized spacial score (nSPS) is 15.3. The highest BCUT2D eigenvalue weighted by Gasteiger charge is 2.34. The number of fused-ring (bicyclic) bond motifs is 1. The van der Waals surface area contributed by atoms with Crippen LogP contribution in [0.1, 0.15) is 29.0 Å². The van der Waals surface area contributed by atoms with E-state index in [-0.39, 0.29) is 11.8 Å². The molecule has 4 rings (SSSR count). The van der Waals surface area contributed by atoms with Crippen molar-refractivity contribution in [2.75, 3.05) is 22.6 Å². The van der Waals surface area contributed by atoms with Gasteiger partial charge in [0.1, 0.15) is 11.9 Å². The van der Waals surface area contributed by atoms with Gasteiger partial charge >= 0.3 is 0 Å². The number of para-hydroxylation sites is 1. The van der Waals surface area contributed by atoms with Gasteiger partial charge in [0, 0.05) is 24.0 Å². The lowest BCUT2D eigenvalue weighted by Gasteiger charge is -2.38. The quantitative estimate of drug-likeness (QED) is 0.695. The molecular weight excluding hydrogens is 366 g/mol. The topological polar surface area (TPSA) is 70.7 Å². The largest absolute Gasteiger partial charge is 0.497 e. The Balaban J connectivity index is 1.78. The number of hydrogen-bond donors (Lipinski definition) is 2. The Kier molecular flexibility index (Phi) is 4.91. The van der Waals surface area contributed by atoms with Crippen molar-refractivity contribution in [3.8, 4) is 5.75 Å². The first kappa shape index (κ1) is 18.6. The summed E-state index contributed by atoms with van der Waals surface area (Å²) >= 11 is 0. The molecule has 2 N–H and O–H groups in total. The molecule has 0 aromatic heterocycles. The summed E-state index contributed by atoms with van der Waals surface area (Å²) in [6.07, 6.45) is -0.404. The predicted octanol–water partition coefficient (Wildman–Crippen LogP) is 4.42. The summed E-state index contributed by atoms with van der Waals surface area (Å²) in [5.74, 6) is 0.479. The number of ether oxygens (including phenoxy) is 1. The van der Waals surface area contributed by atoms with Gasteiger partial charge in [-0.25, -0.2) is 0 Å². The first-order chi connectivity index (χ1) is 14.1. The highest BCUT2D eigenvalue weighted by Crippen LogP contribution is 2.37. The number of rotatable bonds is 4. The van der Waals surface area contributed by atoms with Crippen LogP contribution in [-0.2, 0) is 4.79 Å². The van der Waals surface area contributed by atoms with E-state index in [9.17, 15) is 9.59 Å². The molecule has 1 aliphatic heterocycles. The van der Waals surface area contributed by atoms with Crippen LogP contribution in [-0.4, -0.2) is 18.9 Å². The lowest BCUT2D eigenvalue weighted by atomic mass is 10.0. The van der Waals surface area contributed by atoms with E-state index in [0.29, 0.717) is 11.3 Å². The maximum atomic E-state index is 13.4. The number of benzene rings is 3. The lowest BCUT2D eigenvalue weighted by Crippen LogP contribution is -2.43. The number of nitrogens with one attached hydrogen (secondary N) is 2. The molecule has 1 unspecified atom stereocenters. The van der Waals surface area contributed by atoms with E-state index in [2.05, 4.69) is 10.6 Å². The maximum absolute atomic E-state index is 13.4. The van der Waals surface area contributed by atoms with Crippen molar-refractivity contribution in [3.05, 3.63) is 83.9 Å². The Morgan fingerprint density at radius 3 is 2.52 bits per heavy atom. The second kappa shape index (κ2) is 7.67. The van der Waals surface area contributed by atoms with E-state index < -0.39 is 6.17 Å². The Morgan fingerprint density at radius 1 is 1.03 bits per heavy atom. The summed E-state index contributed by atoms with van der Waals surface area (Å²) in [4.78, 5) is 26.4. The third-order valence-corrected chi connectivity index (χ3v) is 4.80. The van der Waals surface area contributed by atoms with Gasteiger partial charge in [0.2, 0.25) is 5.91 Å². The van der Waals surface area contributed by atoms with Gasteiger partial charge in [-0.2, -0.15) is 0 Å². The maximum Gasteiger partial charge on any atom is 0.262 e. The van der Waals surface area contributed by atoms with Gasteiger partial charge in [0.05, 0.1) is 12.7 Å². The van der Waals surface area contributed by atoms with Crippen molar-refractivity contribution >= 4 is 28.9 Å². The molecule has 1 atom stereocenters. The van der Waals surface area contributed by atoms with Gasteiger partial charge in [-0.1, -0.05) is 24.3 Å². The van der Waals surface area contributed by atoms with Crippen molar-refractivity contribution in [3.63, 3.8) is 0 Å². The van der Waals surface area contributed by atoms with Gasteiger partial charge in [0.15, 0.2) is 0 Å². The van der Waals surface area contributed by atoms with Crippen molar-refractivity contribution in [2.45, 2.75) is 13.1 Å². The number of carbonyl (C=O) groups is 2. The Bertz CT molecular complexity index is 1060. The zero-order valence-corrected chi connectivity index (χ0v) is 16.2. The molecule has 0 spiro atoms. The van der Waals surface area contributed by atoms with Crippen LogP contribution in [0.25, 0.3) is 0 Å². The number of methoxy groups -OCH3 is 1. The smallest absolute Gasteiger partial charge is 0.262 e. The fourth-order valence-electron chi connectivity index (χ4n) is 3.47. The number of amides is 2. The Morgan fingerprint density at radius 2 is 1.79 bits per heavy atom. The molecular formula is C23H21N3O3. The van der Waals surface area contributed by atoms with Crippen LogP contribution < -0.4 is 20.3 Å². The summed E-state index contributed by atoms with van der Waals surface area (Å²) in [5, 5.41) is 6.22. The Labute approximate surface area is 169 Å². The summed E-state index contributed by atoms with van der Waals surface area (Å²) in [6, 6.07) is 22.3. The van der Waals surface area contributed by atoms with Gasteiger partial charge in [-0.15, -0.1) is 0 Å². The number of hydrogen-bond acceptors (Lipinski definition) is 4. The SMILES string of the molecule is COc1cccc(C2Nc3ccccc3C(=O)N2c2ccc(NC(C)=O)cc2)c1. The zero-order valence-electron chi connectivity index (χ0n) is 16.2. The van der Waals surface area contributed by atoms with Gasteiger partial charge in [-0.05, 0) is 54.1 Å². The number of carbonyl (C=O) groups excluding carboxylic acids is 2. The molecule has 6 heteroatoms. The third-order valence-electron chi connectivity index (χ3n) is 4.80. The summed E-state index contributed by atoms with van der Waals surface area (Å²) in [6.45, 7) is 1.46. The molecule has 3 aromatic carbocycles. The molecule has 0 saturated carbocycles. The molecule has 0 aliphatic carbocycles.